The van der Waals surface area contributed by atoms with Crippen LogP contribution in [0.4, 0.5) is 10.2 Å². The number of nitrogens with zero attached hydrogens (tertiary/aromatic N) is 2. The second-order valence-corrected chi connectivity index (χ2v) is 11.0. The Morgan fingerprint density at radius 3 is 2.94 bits per heavy atom. The van der Waals surface area contributed by atoms with E-state index in [1.165, 1.54) is 30.2 Å². The van der Waals surface area contributed by atoms with Gasteiger partial charge in [0.15, 0.2) is 0 Å². The van der Waals surface area contributed by atoms with E-state index in [-0.39, 0.29) is 6.61 Å². The summed E-state index contributed by atoms with van der Waals surface area (Å²) in [6.07, 6.45) is 7.45. The summed E-state index contributed by atoms with van der Waals surface area (Å²) < 4.78 is 14.3. The molecule has 1 aromatic carbocycles. The first-order valence-electron chi connectivity index (χ1n) is 12.2. The number of aliphatic hydroxyl groups is 1. The molecule has 4 rings (SSSR count). The number of aromatic nitrogens is 1. The zero-order valence-electron chi connectivity index (χ0n) is 19.4. The molecule has 3 heterocycles. The van der Waals surface area contributed by atoms with Gasteiger partial charge in [-0.3, -0.25) is 9.69 Å². The van der Waals surface area contributed by atoms with Crippen LogP contribution in [0, 0.1) is 11.7 Å². The van der Waals surface area contributed by atoms with Crippen molar-refractivity contribution in [3.63, 3.8) is 0 Å². The molecule has 0 aliphatic carbocycles. The van der Waals surface area contributed by atoms with Gasteiger partial charge in [0.1, 0.15) is 17.7 Å². The SMILES string of the molecule is O=C(O)[C@@H](c1cc(F)ccc1CO)N1CCC([C@H](I)CCCCc2ccc3c(n2)NCCC3)C1. The summed E-state index contributed by atoms with van der Waals surface area (Å²) in [5, 5.41) is 23.0. The minimum absolute atomic E-state index is 0.305. The number of carboxylic acid groups (broad SMARTS) is 1. The Morgan fingerprint density at radius 1 is 1.29 bits per heavy atom. The second kappa shape index (κ2) is 11.8. The van der Waals surface area contributed by atoms with Gasteiger partial charge in [0.25, 0.3) is 0 Å². The number of anilines is 1. The number of carbonyl (C=O) groups is 1. The topological polar surface area (TPSA) is 85.7 Å². The van der Waals surface area contributed by atoms with E-state index in [4.69, 9.17) is 4.98 Å². The molecular weight excluding hydrogens is 548 g/mol. The third kappa shape index (κ3) is 6.07. The Balaban J connectivity index is 1.28. The van der Waals surface area contributed by atoms with Gasteiger partial charge in [0, 0.05) is 22.7 Å². The highest BCUT2D eigenvalue weighted by atomic mass is 127. The number of fused-ring (bicyclic) bond motifs is 1. The van der Waals surface area contributed by atoms with E-state index in [0.717, 1.165) is 56.6 Å². The van der Waals surface area contributed by atoms with Gasteiger partial charge >= 0.3 is 5.97 Å². The maximum Gasteiger partial charge on any atom is 0.325 e. The van der Waals surface area contributed by atoms with Crippen molar-refractivity contribution >= 4 is 34.4 Å². The van der Waals surface area contributed by atoms with Crippen LogP contribution < -0.4 is 5.32 Å². The molecule has 8 heteroatoms. The maximum atomic E-state index is 13.9. The van der Waals surface area contributed by atoms with Crippen molar-refractivity contribution in [3.8, 4) is 0 Å². The predicted octanol–water partition coefficient (Wildman–Crippen LogP) is 4.74. The van der Waals surface area contributed by atoms with E-state index in [1.807, 2.05) is 4.90 Å². The summed E-state index contributed by atoms with van der Waals surface area (Å²) in [6.45, 7) is 2.03. The summed E-state index contributed by atoms with van der Waals surface area (Å²) in [5.74, 6) is -0.0278. The van der Waals surface area contributed by atoms with E-state index < -0.39 is 17.8 Å². The summed E-state index contributed by atoms with van der Waals surface area (Å²) >= 11 is 2.51. The smallest absolute Gasteiger partial charge is 0.325 e. The first-order valence-corrected chi connectivity index (χ1v) is 13.4. The van der Waals surface area contributed by atoms with E-state index in [9.17, 15) is 19.4 Å². The van der Waals surface area contributed by atoms with Crippen molar-refractivity contribution in [3.05, 3.63) is 58.5 Å². The Bertz CT molecular complexity index is 1010. The van der Waals surface area contributed by atoms with Gasteiger partial charge < -0.3 is 15.5 Å². The number of aliphatic carboxylic acids is 1. The minimum Gasteiger partial charge on any atom is -0.480 e. The molecule has 0 saturated carbocycles. The zero-order valence-corrected chi connectivity index (χ0v) is 21.5. The van der Waals surface area contributed by atoms with Gasteiger partial charge in [0.2, 0.25) is 0 Å². The fraction of sp³-hybridized carbons (Fsp3) is 0.538. The number of hydrogen-bond donors (Lipinski definition) is 3. The number of pyridine rings is 1. The molecule has 3 N–H and O–H groups in total. The number of carboxylic acids is 1. The Morgan fingerprint density at radius 2 is 2.15 bits per heavy atom. The average molecular weight is 581 g/mol. The lowest BCUT2D eigenvalue weighted by atomic mass is 9.98. The first kappa shape index (κ1) is 25.3. The number of aryl methyl sites for hydroxylation is 2. The van der Waals surface area contributed by atoms with Crippen molar-refractivity contribution < 1.29 is 19.4 Å². The molecule has 2 aromatic rings. The molecular formula is C26H33FIN3O3. The van der Waals surface area contributed by atoms with Gasteiger partial charge in [-0.1, -0.05) is 41.1 Å². The number of unbranched alkanes of at least 4 members (excludes halogenated alkanes) is 1. The normalized spacial score (nSPS) is 19.9. The highest BCUT2D eigenvalue weighted by Gasteiger charge is 2.36. The molecule has 34 heavy (non-hydrogen) atoms. The second-order valence-electron chi connectivity index (χ2n) is 9.39. The number of rotatable bonds is 10. The summed E-state index contributed by atoms with van der Waals surface area (Å²) in [6, 6.07) is 7.42. The van der Waals surface area contributed by atoms with Crippen molar-refractivity contribution in [1.82, 2.24) is 9.88 Å². The molecule has 6 nitrogen and oxygen atoms in total. The third-order valence-electron chi connectivity index (χ3n) is 7.05. The Hall–Kier alpha value is -1.78. The Kier molecular flexibility index (Phi) is 8.76. The average Bonchev–Trinajstić information content (AvgIpc) is 3.31. The van der Waals surface area contributed by atoms with E-state index in [2.05, 4.69) is 40.0 Å². The standard InChI is InChI=1S/C26H33FIN3O3/c27-20-9-7-19(16-32)22(14-20)24(26(33)34)31-13-11-18(15-31)23(28)6-2-1-5-21-10-8-17-4-3-12-29-25(17)30-21/h7-10,14,18,23-24,32H,1-6,11-13,15-16H2,(H,29,30)(H,33,34)/t18?,23-,24-/m1/s1. The van der Waals surface area contributed by atoms with Crippen LogP contribution in [0.1, 0.15) is 60.5 Å². The molecule has 1 fully saturated rings. The molecule has 184 valence electrons. The van der Waals surface area contributed by atoms with Gasteiger partial charge in [-0.15, -0.1) is 0 Å². The lowest BCUT2D eigenvalue weighted by molar-refractivity contribution is -0.143. The monoisotopic (exact) mass is 581 g/mol. The van der Waals surface area contributed by atoms with Crippen LogP contribution in [0.2, 0.25) is 0 Å². The Labute approximate surface area is 214 Å². The maximum absolute atomic E-state index is 13.9. The summed E-state index contributed by atoms with van der Waals surface area (Å²) in [7, 11) is 0. The number of hydrogen-bond acceptors (Lipinski definition) is 5. The number of nitrogens with one attached hydrogen (secondary N) is 1. The molecule has 1 unspecified atom stereocenters. The highest BCUT2D eigenvalue weighted by Crippen LogP contribution is 2.35. The van der Waals surface area contributed by atoms with Crippen molar-refractivity contribution in [2.75, 3.05) is 25.0 Å². The van der Waals surface area contributed by atoms with E-state index in [0.29, 0.717) is 34.1 Å². The fourth-order valence-electron chi connectivity index (χ4n) is 5.18. The number of alkyl halides is 1. The molecule has 0 radical (unpaired) electrons. The molecule has 1 saturated heterocycles. The molecule has 0 amide bonds. The van der Waals surface area contributed by atoms with E-state index in [1.54, 1.807) is 0 Å². The fourth-order valence-corrected chi connectivity index (χ4v) is 6.21. The van der Waals surface area contributed by atoms with Gasteiger partial charge in [-0.2, -0.15) is 0 Å². The largest absolute Gasteiger partial charge is 0.480 e. The van der Waals surface area contributed by atoms with Crippen molar-refractivity contribution in [1.29, 1.82) is 0 Å². The first-order chi connectivity index (χ1) is 16.5. The van der Waals surface area contributed by atoms with Gasteiger partial charge in [-0.25, -0.2) is 9.37 Å². The van der Waals surface area contributed by atoms with Crippen LogP contribution in [0.15, 0.2) is 30.3 Å². The van der Waals surface area contributed by atoms with E-state index >= 15 is 0 Å². The van der Waals surface area contributed by atoms with Crippen LogP contribution in [-0.4, -0.2) is 49.6 Å². The molecule has 2 aliphatic rings. The minimum atomic E-state index is -1.00. The van der Waals surface area contributed by atoms with Gasteiger partial charge in [0.05, 0.1) is 6.61 Å². The van der Waals surface area contributed by atoms with Crippen molar-refractivity contribution in [2.45, 2.75) is 61.5 Å². The lowest BCUT2D eigenvalue weighted by Crippen LogP contribution is -2.34. The number of halogens is 2. The predicted molar refractivity (Wildman–Crippen MR) is 139 cm³/mol. The molecule has 3 atom stereocenters. The van der Waals surface area contributed by atoms with Gasteiger partial charge in [-0.05, 0) is 85.9 Å². The van der Waals surface area contributed by atoms with Crippen LogP contribution in [0.5, 0.6) is 0 Å². The molecule has 2 aliphatic heterocycles. The number of benzene rings is 1. The molecule has 1 aromatic heterocycles. The quantitative estimate of drug-likeness (QED) is 0.214. The van der Waals surface area contributed by atoms with Crippen molar-refractivity contribution in [2.24, 2.45) is 5.92 Å². The summed E-state index contributed by atoms with van der Waals surface area (Å²) in [5.41, 5.74) is 3.28. The van der Waals surface area contributed by atoms with Crippen LogP contribution in [-0.2, 0) is 24.2 Å². The third-order valence-corrected chi connectivity index (χ3v) is 8.69. The zero-order chi connectivity index (χ0) is 24.1. The van der Waals surface area contributed by atoms with Crippen LogP contribution in [0.3, 0.4) is 0 Å². The molecule has 0 spiro atoms. The molecule has 0 bridgehead atoms. The lowest BCUT2D eigenvalue weighted by Gasteiger charge is -2.27. The van der Waals surface area contributed by atoms with Crippen LogP contribution >= 0.6 is 22.6 Å². The van der Waals surface area contributed by atoms with Crippen LogP contribution in [0.25, 0.3) is 0 Å². The number of likely N-dealkylation sites (tertiary alicyclic amines) is 1. The number of aliphatic hydroxyl groups excluding tert-OH is 1. The summed E-state index contributed by atoms with van der Waals surface area (Å²) in [4.78, 5) is 18.8. The highest BCUT2D eigenvalue weighted by molar-refractivity contribution is 14.1.